The van der Waals surface area contributed by atoms with Gasteiger partial charge in [0.25, 0.3) is 0 Å². The quantitative estimate of drug-likeness (QED) is 0.738. The molecule has 0 aliphatic heterocycles. The number of halogens is 1. The number of rotatable bonds is 3. The first-order chi connectivity index (χ1) is 9.72. The van der Waals surface area contributed by atoms with E-state index in [1.165, 1.54) is 0 Å². The summed E-state index contributed by atoms with van der Waals surface area (Å²) < 4.78 is 5.68. The zero-order valence-electron chi connectivity index (χ0n) is 10.7. The number of hydrogen-bond donors (Lipinski definition) is 1. The highest BCUT2D eigenvalue weighted by atomic mass is 35.5. The van der Waals surface area contributed by atoms with Crippen molar-refractivity contribution in [1.82, 2.24) is 4.98 Å². The van der Waals surface area contributed by atoms with E-state index in [1.54, 1.807) is 0 Å². The third kappa shape index (κ3) is 2.68. The minimum Gasteiger partial charge on any atom is -0.473 e. The molecule has 0 atom stereocenters. The lowest BCUT2D eigenvalue weighted by molar-refractivity contribution is 0.295. The maximum Gasteiger partial charge on any atom is 0.214 e. The van der Waals surface area contributed by atoms with Gasteiger partial charge in [-0.3, -0.25) is 0 Å². The van der Waals surface area contributed by atoms with Gasteiger partial charge in [0.1, 0.15) is 6.61 Å². The number of ether oxygens (including phenoxy) is 1. The first-order valence-corrected chi connectivity index (χ1v) is 6.63. The van der Waals surface area contributed by atoms with E-state index in [0.717, 1.165) is 22.2 Å². The third-order valence-corrected chi connectivity index (χ3v) is 3.39. The smallest absolute Gasteiger partial charge is 0.214 e. The summed E-state index contributed by atoms with van der Waals surface area (Å²) in [6.45, 7) is 0.396. The Kier molecular flexibility index (Phi) is 3.44. The number of nitrogens with two attached hydrogens (primary N) is 1. The van der Waals surface area contributed by atoms with Gasteiger partial charge in [-0.15, -0.1) is 0 Å². The fourth-order valence-electron chi connectivity index (χ4n) is 1.97. The number of fused-ring (bicyclic) bond motifs is 1. The van der Waals surface area contributed by atoms with E-state index in [0.29, 0.717) is 17.5 Å². The zero-order chi connectivity index (χ0) is 13.9. The molecule has 0 amide bonds. The molecule has 0 aliphatic carbocycles. The Morgan fingerprint density at radius 3 is 2.75 bits per heavy atom. The maximum atomic E-state index is 6.09. The molecule has 0 fully saturated rings. The van der Waals surface area contributed by atoms with Crippen molar-refractivity contribution in [2.24, 2.45) is 0 Å². The van der Waals surface area contributed by atoms with E-state index in [9.17, 15) is 0 Å². The van der Waals surface area contributed by atoms with Crippen molar-refractivity contribution in [1.29, 1.82) is 0 Å². The minimum absolute atomic E-state index is 0.396. The predicted molar refractivity (Wildman–Crippen MR) is 81.9 cm³/mol. The van der Waals surface area contributed by atoms with Gasteiger partial charge in [0, 0.05) is 27.7 Å². The van der Waals surface area contributed by atoms with Crippen LogP contribution in [0.1, 0.15) is 5.56 Å². The molecule has 100 valence electrons. The van der Waals surface area contributed by atoms with E-state index < -0.39 is 0 Å². The predicted octanol–water partition coefficient (Wildman–Crippen LogP) is 4.05. The van der Waals surface area contributed by atoms with Gasteiger partial charge in [0.05, 0.1) is 5.52 Å². The average molecular weight is 285 g/mol. The van der Waals surface area contributed by atoms with Gasteiger partial charge in [-0.1, -0.05) is 29.8 Å². The number of anilines is 1. The number of nitrogen functional groups attached to an aromatic ring is 1. The van der Waals surface area contributed by atoms with E-state index in [2.05, 4.69) is 4.98 Å². The number of hydrogen-bond acceptors (Lipinski definition) is 3. The molecular formula is C16H13ClN2O. The number of nitrogens with zero attached hydrogens (tertiary/aromatic N) is 1. The Morgan fingerprint density at radius 2 is 1.90 bits per heavy atom. The average Bonchev–Trinajstić information content (AvgIpc) is 2.46. The SMILES string of the molecule is Nc1ccc2nc(OCc3ccccc3Cl)ccc2c1. The van der Waals surface area contributed by atoms with Crippen molar-refractivity contribution in [3.05, 3.63) is 65.2 Å². The third-order valence-electron chi connectivity index (χ3n) is 3.02. The summed E-state index contributed by atoms with van der Waals surface area (Å²) in [6.07, 6.45) is 0. The van der Waals surface area contributed by atoms with Crippen LogP contribution >= 0.6 is 11.6 Å². The largest absolute Gasteiger partial charge is 0.473 e. The van der Waals surface area contributed by atoms with E-state index >= 15 is 0 Å². The monoisotopic (exact) mass is 284 g/mol. The first-order valence-electron chi connectivity index (χ1n) is 6.25. The molecule has 0 saturated carbocycles. The second-order valence-corrected chi connectivity index (χ2v) is 4.89. The van der Waals surface area contributed by atoms with Crippen molar-refractivity contribution >= 4 is 28.2 Å². The number of pyridine rings is 1. The molecule has 20 heavy (non-hydrogen) atoms. The Balaban J connectivity index is 1.81. The van der Waals surface area contributed by atoms with E-state index in [4.69, 9.17) is 22.1 Å². The van der Waals surface area contributed by atoms with Gasteiger partial charge in [-0.25, -0.2) is 4.98 Å². The normalized spacial score (nSPS) is 10.7. The molecule has 3 rings (SSSR count). The summed E-state index contributed by atoms with van der Waals surface area (Å²) in [5.41, 5.74) is 8.26. The Morgan fingerprint density at radius 1 is 1.05 bits per heavy atom. The molecule has 0 bridgehead atoms. The van der Waals surface area contributed by atoms with Crippen LogP contribution in [-0.2, 0) is 6.61 Å². The topological polar surface area (TPSA) is 48.1 Å². The molecule has 3 aromatic rings. The molecular weight excluding hydrogens is 272 g/mol. The van der Waals surface area contributed by atoms with E-state index in [1.807, 2.05) is 54.6 Å². The molecule has 0 unspecified atom stereocenters. The lowest BCUT2D eigenvalue weighted by Crippen LogP contribution is -1.98. The van der Waals surface area contributed by atoms with Crippen LogP contribution < -0.4 is 10.5 Å². The molecule has 4 heteroatoms. The lowest BCUT2D eigenvalue weighted by atomic mass is 10.2. The van der Waals surface area contributed by atoms with Gasteiger partial charge < -0.3 is 10.5 Å². The molecule has 0 radical (unpaired) electrons. The van der Waals surface area contributed by atoms with Crippen LogP contribution in [0.5, 0.6) is 5.88 Å². The fraction of sp³-hybridized carbons (Fsp3) is 0.0625. The number of benzene rings is 2. The molecule has 2 N–H and O–H groups in total. The summed E-state index contributed by atoms with van der Waals surface area (Å²) in [7, 11) is 0. The van der Waals surface area contributed by atoms with Crippen LogP contribution in [0.25, 0.3) is 10.9 Å². The van der Waals surface area contributed by atoms with Crippen LogP contribution in [0.15, 0.2) is 54.6 Å². The molecule has 0 saturated heterocycles. The van der Waals surface area contributed by atoms with Crippen LogP contribution in [0.4, 0.5) is 5.69 Å². The van der Waals surface area contributed by atoms with Crippen molar-refractivity contribution in [3.8, 4) is 5.88 Å². The summed E-state index contributed by atoms with van der Waals surface area (Å²) in [6, 6.07) is 17.0. The highest BCUT2D eigenvalue weighted by Gasteiger charge is 2.03. The van der Waals surface area contributed by atoms with Crippen LogP contribution in [0, 0.1) is 0 Å². The summed E-state index contributed by atoms with van der Waals surface area (Å²) in [4.78, 5) is 4.44. The van der Waals surface area contributed by atoms with Crippen molar-refractivity contribution < 1.29 is 4.74 Å². The summed E-state index contributed by atoms with van der Waals surface area (Å²) in [5.74, 6) is 0.571. The van der Waals surface area contributed by atoms with Crippen molar-refractivity contribution in [3.63, 3.8) is 0 Å². The van der Waals surface area contributed by atoms with Crippen molar-refractivity contribution in [2.45, 2.75) is 6.61 Å². The van der Waals surface area contributed by atoms with Gasteiger partial charge in [-0.05, 0) is 30.3 Å². The van der Waals surface area contributed by atoms with Gasteiger partial charge >= 0.3 is 0 Å². The van der Waals surface area contributed by atoms with Crippen LogP contribution in [0.2, 0.25) is 5.02 Å². The Bertz CT molecular complexity index is 758. The fourth-order valence-corrected chi connectivity index (χ4v) is 2.16. The molecule has 2 aromatic carbocycles. The standard InChI is InChI=1S/C16H13ClN2O/c17-14-4-2-1-3-12(14)10-20-16-8-5-11-9-13(18)6-7-15(11)19-16/h1-9H,10,18H2. The molecule has 0 spiro atoms. The second kappa shape index (κ2) is 5.39. The first kappa shape index (κ1) is 12.8. The highest BCUT2D eigenvalue weighted by Crippen LogP contribution is 2.21. The van der Waals surface area contributed by atoms with Crippen LogP contribution in [0.3, 0.4) is 0 Å². The molecule has 1 aromatic heterocycles. The molecule has 0 aliphatic rings. The van der Waals surface area contributed by atoms with Gasteiger partial charge in [-0.2, -0.15) is 0 Å². The highest BCUT2D eigenvalue weighted by molar-refractivity contribution is 6.31. The van der Waals surface area contributed by atoms with E-state index in [-0.39, 0.29) is 0 Å². The summed E-state index contributed by atoms with van der Waals surface area (Å²) in [5, 5.41) is 1.69. The molecule has 3 nitrogen and oxygen atoms in total. The lowest BCUT2D eigenvalue weighted by Gasteiger charge is -2.08. The van der Waals surface area contributed by atoms with Crippen LogP contribution in [-0.4, -0.2) is 4.98 Å². The maximum absolute atomic E-state index is 6.09. The zero-order valence-corrected chi connectivity index (χ0v) is 11.5. The number of aromatic nitrogens is 1. The molecule has 1 heterocycles. The van der Waals surface area contributed by atoms with Crippen molar-refractivity contribution in [2.75, 3.05) is 5.73 Å². The summed E-state index contributed by atoms with van der Waals surface area (Å²) >= 11 is 6.09. The Labute approximate surface area is 122 Å². The minimum atomic E-state index is 0.396. The van der Waals surface area contributed by atoms with Gasteiger partial charge in [0.2, 0.25) is 5.88 Å². The van der Waals surface area contributed by atoms with Gasteiger partial charge in [0.15, 0.2) is 0 Å². The second-order valence-electron chi connectivity index (χ2n) is 4.48. The Hall–Kier alpha value is -2.26.